The van der Waals surface area contributed by atoms with Gasteiger partial charge in [-0.25, -0.2) is 0 Å². The first-order valence-electron chi connectivity index (χ1n) is 5.32. The Labute approximate surface area is 91.6 Å². The van der Waals surface area contributed by atoms with Crippen LogP contribution < -0.4 is 11.1 Å². The number of hydrogen-bond acceptors (Lipinski definition) is 3. The van der Waals surface area contributed by atoms with Crippen LogP contribution in [-0.4, -0.2) is 26.3 Å². The fourth-order valence-corrected chi connectivity index (χ4v) is 1.92. The molecule has 3 nitrogen and oxygen atoms in total. The zero-order valence-corrected chi connectivity index (χ0v) is 9.41. The minimum Gasteiger partial charge on any atom is -0.378 e. The highest BCUT2D eigenvalue weighted by Crippen LogP contribution is 2.21. The van der Waals surface area contributed by atoms with Crippen LogP contribution in [0.1, 0.15) is 12.5 Å². The van der Waals surface area contributed by atoms with Crippen molar-refractivity contribution in [3.8, 4) is 0 Å². The molecule has 0 spiro atoms. The summed E-state index contributed by atoms with van der Waals surface area (Å²) >= 11 is 0. The molecule has 1 heterocycles. The summed E-state index contributed by atoms with van der Waals surface area (Å²) < 4.78 is 5.35. The molecular weight excluding hydrogens is 188 g/mol. The first kappa shape index (κ1) is 12.0. The Morgan fingerprint density at radius 1 is 1.20 bits per heavy atom. The van der Waals surface area contributed by atoms with Crippen molar-refractivity contribution in [2.24, 2.45) is 0 Å². The Kier molecular flexibility index (Phi) is 4.59. The second-order valence-corrected chi connectivity index (χ2v) is 3.58. The number of ether oxygens (including phenoxy) is 1. The SMILES string of the molecule is CCc1ccccc1N1CCOCC1.N. The first-order chi connectivity index (χ1) is 6.92. The summed E-state index contributed by atoms with van der Waals surface area (Å²) in [5.41, 5.74) is 2.83. The minimum atomic E-state index is 0. The Morgan fingerprint density at radius 3 is 2.53 bits per heavy atom. The van der Waals surface area contributed by atoms with Crippen molar-refractivity contribution in [1.29, 1.82) is 0 Å². The lowest BCUT2D eigenvalue weighted by molar-refractivity contribution is 0.122. The lowest BCUT2D eigenvalue weighted by atomic mass is 10.1. The molecule has 0 aromatic heterocycles. The van der Waals surface area contributed by atoms with E-state index in [0.717, 1.165) is 32.7 Å². The van der Waals surface area contributed by atoms with E-state index < -0.39 is 0 Å². The molecule has 1 fully saturated rings. The van der Waals surface area contributed by atoms with Crippen molar-refractivity contribution >= 4 is 5.69 Å². The summed E-state index contributed by atoms with van der Waals surface area (Å²) in [4.78, 5) is 2.42. The Hall–Kier alpha value is -1.06. The molecule has 1 aliphatic rings. The van der Waals surface area contributed by atoms with Gasteiger partial charge in [0.05, 0.1) is 13.2 Å². The molecule has 0 radical (unpaired) electrons. The molecule has 3 heteroatoms. The van der Waals surface area contributed by atoms with E-state index in [1.54, 1.807) is 0 Å². The van der Waals surface area contributed by atoms with E-state index in [2.05, 4.69) is 36.1 Å². The third kappa shape index (κ3) is 2.70. The summed E-state index contributed by atoms with van der Waals surface area (Å²) in [6, 6.07) is 8.65. The van der Waals surface area contributed by atoms with Gasteiger partial charge in [-0.2, -0.15) is 0 Å². The highest BCUT2D eigenvalue weighted by Gasteiger charge is 2.12. The van der Waals surface area contributed by atoms with E-state index in [4.69, 9.17) is 4.74 Å². The number of anilines is 1. The van der Waals surface area contributed by atoms with Gasteiger partial charge in [0.25, 0.3) is 0 Å². The van der Waals surface area contributed by atoms with Crippen molar-refractivity contribution in [2.45, 2.75) is 13.3 Å². The van der Waals surface area contributed by atoms with E-state index in [0.29, 0.717) is 0 Å². The van der Waals surface area contributed by atoms with Crippen LogP contribution >= 0.6 is 0 Å². The second kappa shape index (κ2) is 5.73. The van der Waals surface area contributed by atoms with Crippen molar-refractivity contribution in [1.82, 2.24) is 6.15 Å². The van der Waals surface area contributed by atoms with Gasteiger partial charge in [-0.3, -0.25) is 0 Å². The Balaban J connectivity index is 0.00000112. The van der Waals surface area contributed by atoms with Crippen LogP contribution in [0.3, 0.4) is 0 Å². The van der Waals surface area contributed by atoms with E-state index in [1.807, 2.05) is 0 Å². The molecule has 0 bridgehead atoms. The van der Waals surface area contributed by atoms with Gasteiger partial charge in [-0.05, 0) is 18.1 Å². The molecule has 0 unspecified atom stereocenters. The molecule has 0 atom stereocenters. The zero-order valence-electron chi connectivity index (χ0n) is 9.41. The van der Waals surface area contributed by atoms with E-state index in [-0.39, 0.29) is 6.15 Å². The molecule has 84 valence electrons. The van der Waals surface area contributed by atoms with Crippen LogP contribution in [0.2, 0.25) is 0 Å². The van der Waals surface area contributed by atoms with Crippen LogP contribution in [0, 0.1) is 0 Å². The van der Waals surface area contributed by atoms with Gasteiger partial charge in [0.2, 0.25) is 0 Å². The maximum Gasteiger partial charge on any atom is 0.0642 e. The lowest BCUT2D eigenvalue weighted by Gasteiger charge is -2.30. The molecule has 1 aliphatic heterocycles. The lowest BCUT2D eigenvalue weighted by Crippen LogP contribution is -2.36. The number of benzene rings is 1. The number of aryl methyl sites for hydroxylation is 1. The molecule has 15 heavy (non-hydrogen) atoms. The molecule has 1 aromatic carbocycles. The van der Waals surface area contributed by atoms with Gasteiger partial charge in [0, 0.05) is 18.8 Å². The molecule has 3 N–H and O–H groups in total. The van der Waals surface area contributed by atoms with Crippen LogP contribution in [0.15, 0.2) is 24.3 Å². The molecule has 0 aliphatic carbocycles. The summed E-state index contributed by atoms with van der Waals surface area (Å²) in [7, 11) is 0. The highest BCUT2D eigenvalue weighted by molar-refractivity contribution is 5.53. The number of hydrogen-bond donors (Lipinski definition) is 1. The highest BCUT2D eigenvalue weighted by atomic mass is 16.5. The fraction of sp³-hybridized carbons (Fsp3) is 0.500. The second-order valence-electron chi connectivity index (χ2n) is 3.58. The zero-order chi connectivity index (χ0) is 9.80. The quantitative estimate of drug-likeness (QED) is 0.811. The smallest absolute Gasteiger partial charge is 0.0642 e. The molecule has 1 saturated heterocycles. The summed E-state index contributed by atoms with van der Waals surface area (Å²) in [5.74, 6) is 0. The molecular formula is C12H20N2O. The molecule has 0 saturated carbocycles. The van der Waals surface area contributed by atoms with Crippen molar-refractivity contribution in [3.05, 3.63) is 29.8 Å². The van der Waals surface area contributed by atoms with Crippen molar-refractivity contribution in [3.63, 3.8) is 0 Å². The third-order valence-corrected chi connectivity index (χ3v) is 2.72. The summed E-state index contributed by atoms with van der Waals surface area (Å²) in [5, 5.41) is 0. The number of nitrogens with zero attached hydrogens (tertiary/aromatic N) is 1. The average Bonchev–Trinajstić information content (AvgIpc) is 2.30. The van der Waals surface area contributed by atoms with Gasteiger partial charge in [0.1, 0.15) is 0 Å². The first-order valence-corrected chi connectivity index (χ1v) is 5.32. The normalized spacial score (nSPS) is 15.9. The van der Waals surface area contributed by atoms with Crippen LogP contribution in [0.5, 0.6) is 0 Å². The predicted octanol–water partition coefficient (Wildman–Crippen LogP) is 2.25. The van der Waals surface area contributed by atoms with Crippen molar-refractivity contribution < 1.29 is 4.74 Å². The van der Waals surface area contributed by atoms with Gasteiger partial charge in [0.15, 0.2) is 0 Å². The Bertz CT molecular complexity index is 295. The molecule has 1 aromatic rings. The average molecular weight is 208 g/mol. The molecule has 0 amide bonds. The minimum absolute atomic E-state index is 0. The largest absolute Gasteiger partial charge is 0.378 e. The van der Waals surface area contributed by atoms with E-state index >= 15 is 0 Å². The Morgan fingerprint density at radius 2 is 1.87 bits per heavy atom. The monoisotopic (exact) mass is 208 g/mol. The molecule has 2 rings (SSSR count). The van der Waals surface area contributed by atoms with Gasteiger partial charge in [-0.1, -0.05) is 25.1 Å². The number of rotatable bonds is 2. The van der Waals surface area contributed by atoms with Gasteiger partial charge >= 0.3 is 0 Å². The summed E-state index contributed by atoms with van der Waals surface area (Å²) in [6.07, 6.45) is 1.10. The topological polar surface area (TPSA) is 47.5 Å². The fourth-order valence-electron chi connectivity index (χ4n) is 1.92. The third-order valence-electron chi connectivity index (χ3n) is 2.72. The maximum atomic E-state index is 5.35. The van der Waals surface area contributed by atoms with Crippen LogP contribution in [-0.2, 0) is 11.2 Å². The predicted molar refractivity (Wildman–Crippen MR) is 63.9 cm³/mol. The number of para-hydroxylation sites is 1. The number of morpholine rings is 1. The maximum absolute atomic E-state index is 5.35. The van der Waals surface area contributed by atoms with E-state index in [1.165, 1.54) is 11.3 Å². The standard InChI is InChI=1S/C12H17NO.H3N/c1-2-11-5-3-4-6-12(11)13-7-9-14-10-8-13;/h3-6H,2,7-10H2,1H3;1H3. The van der Waals surface area contributed by atoms with Gasteiger partial charge in [-0.15, -0.1) is 0 Å². The van der Waals surface area contributed by atoms with Crippen LogP contribution in [0.4, 0.5) is 5.69 Å². The van der Waals surface area contributed by atoms with E-state index in [9.17, 15) is 0 Å². The summed E-state index contributed by atoms with van der Waals surface area (Å²) in [6.45, 7) is 5.98. The van der Waals surface area contributed by atoms with Crippen LogP contribution in [0.25, 0.3) is 0 Å². The van der Waals surface area contributed by atoms with Gasteiger partial charge < -0.3 is 15.8 Å². The van der Waals surface area contributed by atoms with Crippen molar-refractivity contribution in [2.75, 3.05) is 31.2 Å².